The van der Waals surface area contributed by atoms with E-state index in [0.29, 0.717) is 5.75 Å². The summed E-state index contributed by atoms with van der Waals surface area (Å²) in [7, 11) is 0. The van der Waals surface area contributed by atoms with Gasteiger partial charge < -0.3 is 5.11 Å². The standard InChI is InChI=1S/C13H11BrO/c1-9-7-11(13(15)12(14)8-9)10-5-3-2-4-6-10/h2-8,15H,1H3. The molecule has 0 saturated carbocycles. The van der Waals surface area contributed by atoms with E-state index in [1.807, 2.05) is 49.4 Å². The van der Waals surface area contributed by atoms with Crippen molar-refractivity contribution < 1.29 is 5.11 Å². The molecule has 0 aliphatic carbocycles. The highest BCUT2D eigenvalue weighted by Gasteiger charge is 2.07. The second-order valence-electron chi connectivity index (χ2n) is 3.51. The van der Waals surface area contributed by atoms with E-state index in [4.69, 9.17) is 0 Å². The molecule has 0 bridgehead atoms. The van der Waals surface area contributed by atoms with Gasteiger partial charge in [0.15, 0.2) is 0 Å². The Morgan fingerprint density at radius 1 is 1.07 bits per heavy atom. The number of rotatable bonds is 1. The summed E-state index contributed by atoms with van der Waals surface area (Å²) < 4.78 is 0.737. The molecule has 2 aromatic carbocycles. The lowest BCUT2D eigenvalue weighted by molar-refractivity contribution is 0.474. The van der Waals surface area contributed by atoms with Gasteiger partial charge in [-0.05, 0) is 46.1 Å². The molecule has 0 aliphatic heterocycles. The van der Waals surface area contributed by atoms with Crippen molar-refractivity contribution >= 4 is 15.9 Å². The Morgan fingerprint density at radius 3 is 2.40 bits per heavy atom. The van der Waals surface area contributed by atoms with Crippen LogP contribution in [0, 0.1) is 6.92 Å². The van der Waals surface area contributed by atoms with E-state index in [9.17, 15) is 5.11 Å². The first-order valence-electron chi connectivity index (χ1n) is 4.73. The zero-order valence-electron chi connectivity index (χ0n) is 8.37. The number of hydrogen-bond donors (Lipinski definition) is 1. The van der Waals surface area contributed by atoms with Crippen molar-refractivity contribution in [3.8, 4) is 16.9 Å². The number of halogens is 1. The molecule has 1 nitrogen and oxygen atoms in total. The van der Waals surface area contributed by atoms with Gasteiger partial charge in [-0.2, -0.15) is 0 Å². The van der Waals surface area contributed by atoms with E-state index < -0.39 is 0 Å². The quantitative estimate of drug-likeness (QED) is 0.820. The highest BCUT2D eigenvalue weighted by atomic mass is 79.9. The fraction of sp³-hybridized carbons (Fsp3) is 0.0769. The SMILES string of the molecule is Cc1cc(Br)c(O)c(-c2ccccc2)c1. The summed E-state index contributed by atoms with van der Waals surface area (Å²) in [5.74, 6) is 0.298. The predicted molar refractivity (Wildman–Crippen MR) is 66.0 cm³/mol. The summed E-state index contributed by atoms with van der Waals surface area (Å²) in [6, 6.07) is 13.8. The summed E-state index contributed by atoms with van der Waals surface area (Å²) in [6.07, 6.45) is 0. The Bertz CT molecular complexity index is 477. The molecule has 0 unspecified atom stereocenters. The lowest BCUT2D eigenvalue weighted by Gasteiger charge is -2.07. The molecule has 15 heavy (non-hydrogen) atoms. The molecule has 0 fully saturated rings. The topological polar surface area (TPSA) is 20.2 Å². The van der Waals surface area contributed by atoms with Gasteiger partial charge in [0, 0.05) is 5.56 Å². The van der Waals surface area contributed by atoms with Gasteiger partial charge in [-0.25, -0.2) is 0 Å². The van der Waals surface area contributed by atoms with Crippen LogP contribution < -0.4 is 0 Å². The number of benzene rings is 2. The molecule has 1 N–H and O–H groups in total. The molecule has 0 saturated heterocycles. The van der Waals surface area contributed by atoms with Crippen molar-refractivity contribution in [1.29, 1.82) is 0 Å². The van der Waals surface area contributed by atoms with Crippen LogP contribution in [-0.4, -0.2) is 5.11 Å². The first kappa shape index (κ1) is 10.2. The third-order valence-corrected chi connectivity index (χ3v) is 2.90. The molecule has 0 aromatic heterocycles. The minimum absolute atomic E-state index is 0.298. The molecule has 0 aliphatic rings. The monoisotopic (exact) mass is 262 g/mol. The van der Waals surface area contributed by atoms with E-state index in [0.717, 1.165) is 21.2 Å². The maximum Gasteiger partial charge on any atom is 0.137 e. The molecular weight excluding hydrogens is 252 g/mol. The highest BCUT2D eigenvalue weighted by Crippen LogP contribution is 2.36. The van der Waals surface area contributed by atoms with Crippen molar-refractivity contribution in [2.75, 3.05) is 0 Å². The molecule has 76 valence electrons. The third kappa shape index (κ3) is 2.05. The molecule has 0 atom stereocenters. The third-order valence-electron chi connectivity index (χ3n) is 2.29. The highest BCUT2D eigenvalue weighted by molar-refractivity contribution is 9.10. The van der Waals surface area contributed by atoms with E-state index in [-0.39, 0.29) is 0 Å². The molecule has 0 radical (unpaired) electrons. The smallest absolute Gasteiger partial charge is 0.137 e. The summed E-state index contributed by atoms with van der Waals surface area (Å²) in [5, 5.41) is 9.93. The fourth-order valence-electron chi connectivity index (χ4n) is 1.57. The van der Waals surface area contributed by atoms with Crippen molar-refractivity contribution in [3.05, 3.63) is 52.5 Å². The lowest BCUT2D eigenvalue weighted by Crippen LogP contribution is -1.82. The number of hydrogen-bond acceptors (Lipinski definition) is 1. The van der Waals surface area contributed by atoms with E-state index in [1.165, 1.54) is 0 Å². The van der Waals surface area contributed by atoms with Crippen LogP contribution in [0.2, 0.25) is 0 Å². The van der Waals surface area contributed by atoms with Gasteiger partial charge in [-0.3, -0.25) is 0 Å². The second kappa shape index (κ2) is 4.07. The molecule has 0 spiro atoms. The fourth-order valence-corrected chi connectivity index (χ4v) is 2.15. The van der Waals surface area contributed by atoms with Crippen LogP contribution in [0.25, 0.3) is 11.1 Å². The van der Waals surface area contributed by atoms with Gasteiger partial charge in [0.2, 0.25) is 0 Å². The Hall–Kier alpha value is -1.28. The molecule has 2 aromatic rings. The van der Waals surface area contributed by atoms with Crippen molar-refractivity contribution in [2.45, 2.75) is 6.92 Å². The summed E-state index contributed by atoms with van der Waals surface area (Å²) >= 11 is 3.34. The molecular formula is C13H11BrO. The van der Waals surface area contributed by atoms with Gasteiger partial charge >= 0.3 is 0 Å². The molecule has 2 heteroatoms. The maximum absolute atomic E-state index is 9.93. The first-order chi connectivity index (χ1) is 7.18. The van der Waals surface area contributed by atoms with Crippen LogP contribution in [-0.2, 0) is 0 Å². The van der Waals surface area contributed by atoms with Gasteiger partial charge in [0.25, 0.3) is 0 Å². The predicted octanol–water partition coefficient (Wildman–Crippen LogP) is 4.13. The summed E-state index contributed by atoms with van der Waals surface area (Å²) in [4.78, 5) is 0. The van der Waals surface area contributed by atoms with Crippen LogP contribution in [0.5, 0.6) is 5.75 Å². The summed E-state index contributed by atoms with van der Waals surface area (Å²) in [5.41, 5.74) is 3.01. The zero-order chi connectivity index (χ0) is 10.8. The minimum atomic E-state index is 0.298. The number of aromatic hydroxyl groups is 1. The molecule has 2 rings (SSSR count). The maximum atomic E-state index is 9.93. The Kier molecular flexibility index (Phi) is 2.78. The largest absolute Gasteiger partial charge is 0.506 e. The van der Waals surface area contributed by atoms with Crippen molar-refractivity contribution in [3.63, 3.8) is 0 Å². The van der Waals surface area contributed by atoms with Crippen molar-refractivity contribution in [1.82, 2.24) is 0 Å². The van der Waals surface area contributed by atoms with Gasteiger partial charge in [-0.15, -0.1) is 0 Å². The summed E-state index contributed by atoms with van der Waals surface area (Å²) in [6.45, 7) is 2.01. The van der Waals surface area contributed by atoms with Crippen molar-refractivity contribution in [2.24, 2.45) is 0 Å². The van der Waals surface area contributed by atoms with E-state index >= 15 is 0 Å². The van der Waals surface area contributed by atoms with E-state index in [1.54, 1.807) is 0 Å². The van der Waals surface area contributed by atoms with Gasteiger partial charge in [0.05, 0.1) is 4.47 Å². The van der Waals surface area contributed by atoms with Crippen LogP contribution in [0.1, 0.15) is 5.56 Å². The van der Waals surface area contributed by atoms with Crippen LogP contribution in [0.15, 0.2) is 46.9 Å². The molecule has 0 amide bonds. The van der Waals surface area contributed by atoms with Crippen LogP contribution in [0.4, 0.5) is 0 Å². The Labute approximate surface area is 97.5 Å². The second-order valence-corrected chi connectivity index (χ2v) is 4.36. The van der Waals surface area contributed by atoms with Crippen LogP contribution in [0.3, 0.4) is 0 Å². The number of phenols is 1. The van der Waals surface area contributed by atoms with Crippen LogP contribution >= 0.6 is 15.9 Å². The Morgan fingerprint density at radius 2 is 1.73 bits per heavy atom. The average Bonchev–Trinajstić information content (AvgIpc) is 2.24. The average molecular weight is 263 g/mol. The number of phenolic OH excluding ortho intramolecular Hbond substituents is 1. The van der Waals surface area contributed by atoms with Gasteiger partial charge in [-0.1, -0.05) is 30.3 Å². The normalized spacial score (nSPS) is 10.3. The lowest BCUT2D eigenvalue weighted by atomic mass is 10.0. The van der Waals surface area contributed by atoms with Gasteiger partial charge in [0.1, 0.15) is 5.75 Å². The molecule has 0 heterocycles. The van der Waals surface area contributed by atoms with E-state index in [2.05, 4.69) is 15.9 Å². The zero-order valence-corrected chi connectivity index (χ0v) is 9.95. The first-order valence-corrected chi connectivity index (χ1v) is 5.52. The number of aryl methyl sites for hydroxylation is 1. The minimum Gasteiger partial charge on any atom is -0.506 e. The Balaban J connectivity index is 2.63.